The van der Waals surface area contributed by atoms with Gasteiger partial charge in [-0.25, -0.2) is 13.4 Å². The SMILES string of the molecule is O=C(c1nc2ccccc2s1)N1CCC(S(=O)(=O)c2ccccc2)CC1. The Balaban J connectivity index is 1.47. The molecule has 1 amide bonds. The summed E-state index contributed by atoms with van der Waals surface area (Å²) >= 11 is 1.38. The van der Waals surface area contributed by atoms with Crippen LogP contribution in [0.15, 0.2) is 59.5 Å². The van der Waals surface area contributed by atoms with Crippen molar-refractivity contribution < 1.29 is 13.2 Å². The molecule has 0 atom stereocenters. The van der Waals surface area contributed by atoms with Gasteiger partial charge in [-0.2, -0.15) is 0 Å². The topological polar surface area (TPSA) is 67.3 Å². The fourth-order valence-electron chi connectivity index (χ4n) is 3.27. The van der Waals surface area contributed by atoms with Gasteiger partial charge in [-0.3, -0.25) is 4.79 Å². The molecule has 0 N–H and O–H groups in total. The maximum atomic E-state index is 12.7. The zero-order valence-corrected chi connectivity index (χ0v) is 15.7. The second-order valence-corrected chi connectivity index (χ2v) is 9.60. The number of carbonyl (C=O) groups excluding carboxylic acids is 1. The molecular formula is C19H18N2O3S2. The maximum absolute atomic E-state index is 12.7. The number of rotatable bonds is 3. The summed E-state index contributed by atoms with van der Waals surface area (Å²) in [5.74, 6) is -0.109. The van der Waals surface area contributed by atoms with Crippen molar-refractivity contribution in [2.45, 2.75) is 23.0 Å². The third kappa shape index (κ3) is 3.12. The van der Waals surface area contributed by atoms with E-state index in [1.54, 1.807) is 35.2 Å². The molecule has 0 aliphatic carbocycles. The summed E-state index contributed by atoms with van der Waals surface area (Å²) in [5, 5.41) is 0.0277. The summed E-state index contributed by atoms with van der Waals surface area (Å²) in [7, 11) is -3.35. The Kier molecular flexibility index (Phi) is 4.50. The standard InChI is InChI=1S/C19H18N2O3S2/c22-19(18-20-16-8-4-5-9-17(16)25-18)21-12-10-15(11-13-21)26(23,24)14-6-2-1-3-7-14/h1-9,15H,10-13H2. The van der Waals surface area contributed by atoms with E-state index in [0.29, 0.717) is 35.8 Å². The summed E-state index contributed by atoms with van der Waals surface area (Å²) in [6.07, 6.45) is 0.904. The summed E-state index contributed by atoms with van der Waals surface area (Å²) in [6, 6.07) is 16.2. The van der Waals surface area contributed by atoms with Crippen molar-refractivity contribution in [3.63, 3.8) is 0 Å². The highest BCUT2D eigenvalue weighted by atomic mass is 32.2. The minimum absolute atomic E-state index is 0.109. The monoisotopic (exact) mass is 386 g/mol. The highest BCUT2D eigenvalue weighted by Gasteiger charge is 2.33. The summed E-state index contributed by atoms with van der Waals surface area (Å²) in [5.41, 5.74) is 0.822. The van der Waals surface area contributed by atoms with Gasteiger partial charge in [0.25, 0.3) is 5.91 Å². The lowest BCUT2D eigenvalue weighted by atomic mass is 10.1. The third-order valence-electron chi connectivity index (χ3n) is 4.72. The first-order chi connectivity index (χ1) is 12.6. The molecule has 1 fully saturated rings. The van der Waals surface area contributed by atoms with Crippen LogP contribution in [0.4, 0.5) is 0 Å². The Bertz CT molecular complexity index is 1000. The number of benzene rings is 2. The first-order valence-electron chi connectivity index (χ1n) is 8.49. The number of amides is 1. The number of sulfone groups is 1. The Morgan fingerprint density at radius 1 is 1.00 bits per heavy atom. The molecule has 1 aromatic heterocycles. The van der Waals surface area contributed by atoms with Crippen molar-refractivity contribution in [1.29, 1.82) is 0 Å². The van der Waals surface area contributed by atoms with Crippen molar-refractivity contribution in [3.8, 4) is 0 Å². The minimum atomic E-state index is -3.35. The number of piperidine rings is 1. The lowest BCUT2D eigenvalue weighted by Gasteiger charge is -2.31. The van der Waals surface area contributed by atoms with Crippen LogP contribution in [0.2, 0.25) is 0 Å². The van der Waals surface area contributed by atoms with E-state index >= 15 is 0 Å². The fourth-order valence-corrected chi connectivity index (χ4v) is 5.96. The summed E-state index contributed by atoms with van der Waals surface area (Å²) in [6.45, 7) is 0.872. The Morgan fingerprint density at radius 3 is 2.35 bits per heavy atom. The largest absolute Gasteiger partial charge is 0.337 e. The highest BCUT2D eigenvalue weighted by Crippen LogP contribution is 2.27. The first kappa shape index (κ1) is 17.2. The molecule has 3 aromatic rings. The van der Waals surface area contributed by atoms with E-state index < -0.39 is 15.1 Å². The van der Waals surface area contributed by atoms with Gasteiger partial charge in [-0.05, 0) is 37.1 Å². The van der Waals surface area contributed by atoms with E-state index in [4.69, 9.17) is 0 Å². The van der Waals surface area contributed by atoms with Crippen LogP contribution in [0.1, 0.15) is 22.6 Å². The lowest BCUT2D eigenvalue weighted by molar-refractivity contribution is 0.0725. The van der Waals surface area contributed by atoms with Crippen LogP contribution in [0.25, 0.3) is 10.2 Å². The van der Waals surface area contributed by atoms with Gasteiger partial charge in [-0.15, -0.1) is 11.3 Å². The molecular weight excluding hydrogens is 368 g/mol. The maximum Gasteiger partial charge on any atom is 0.282 e. The van der Waals surface area contributed by atoms with Crippen LogP contribution in [-0.4, -0.2) is 42.5 Å². The molecule has 0 radical (unpaired) electrons. The highest BCUT2D eigenvalue weighted by molar-refractivity contribution is 7.92. The van der Waals surface area contributed by atoms with Gasteiger partial charge in [0, 0.05) is 13.1 Å². The van der Waals surface area contributed by atoms with Gasteiger partial charge in [0.2, 0.25) is 0 Å². The number of hydrogen-bond donors (Lipinski definition) is 0. The van der Waals surface area contributed by atoms with Gasteiger partial charge in [-0.1, -0.05) is 30.3 Å². The average molecular weight is 386 g/mol. The zero-order valence-electron chi connectivity index (χ0n) is 14.0. The van der Waals surface area contributed by atoms with Crippen molar-refractivity contribution in [3.05, 3.63) is 59.6 Å². The molecule has 5 nitrogen and oxygen atoms in total. The number of carbonyl (C=O) groups is 1. The van der Waals surface area contributed by atoms with E-state index in [0.717, 1.165) is 10.2 Å². The van der Waals surface area contributed by atoms with Crippen LogP contribution in [0.3, 0.4) is 0 Å². The first-order valence-corrected chi connectivity index (χ1v) is 10.9. The second-order valence-electron chi connectivity index (χ2n) is 6.34. The summed E-state index contributed by atoms with van der Waals surface area (Å²) in [4.78, 5) is 19.2. The van der Waals surface area contributed by atoms with Crippen LogP contribution in [0.5, 0.6) is 0 Å². The molecule has 26 heavy (non-hydrogen) atoms. The lowest BCUT2D eigenvalue weighted by Crippen LogP contribution is -2.42. The molecule has 0 spiro atoms. The molecule has 4 rings (SSSR count). The number of para-hydroxylation sites is 1. The van der Waals surface area contributed by atoms with Crippen LogP contribution < -0.4 is 0 Å². The van der Waals surface area contributed by atoms with E-state index in [9.17, 15) is 13.2 Å². The average Bonchev–Trinajstić information content (AvgIpc) is 3.12. The van der Waals surface area contributed by atoms with Crippen LogP contribution >= 0.6 is 11.3 Å². The fraction of sp³-hybridized carbons (Fsp3) is 0.263. The molecule has 0 bridgehead atoms. The quantitative estimate of drug-likeness (QED) is 0.692. The van der Waals surface area contributed by atoms with Crippen molar-refractivity contribution >= 4 is 37.3 Å². The minimum Gasteiger partial charge on any atom is -0.337 e. The Morgan fingerprint density at radius 2 is 1.65 bits per heavy atom. The molecule has 1 aliphatic rings. The number of likely N-dealkylation sites (tertiary alicyclic amines) is 1. The van der Waals surface area contributed by atoms with Crippen molar-refractivity contribution in [2.75, 3.05) is 13.1 Å². The number of thiazole rings is 1. The number of aromatic nitrogens is 1. The molecule has 2 heterocycles. The summed E-state index contributed by atoms with van der Waals surface area (Å²) < 4.78 is 26.5. The Hall–Kier alpha value is -2.25. The van der Waals surface area contributed by atoms with Crippen LogP contribution in [0, 0.1) is 0 Å². The van der Waals surface area contributed by atoms with Gasteiger partial charge in [0.05, 0.1) is 20.4 Å². The van der Waals surface area contributed by atoms with E-state index in [1.807, 2.05) is 24.3 Å². The molecule has 1 aliphatic heterocycles. The van der Waals surface area contributed by atoms with Crippen molar-refractivity contribution in [1.82, 2.24) is 9.88 Å². The van der Waals surface area contributed by atoms with E-state index in [2.05, 4.69) is 4.98 Å². The van der Waals surface area contributed by atoms with Gasteiger partial charge >= 0.3 is 0 Å². The van der Waals surface area contributed by atoms with E-state index in [1.165, 1.54) is 11.3 Å². The third-order valence-corrected chi connectivity index (χ3v) is 8.02. The molecule has 1 saturated heterocycles. The predicted octanol–water partition coefficient (Wildman–Crippen LogP) is 3.37. The normalized spacial score (nSPS) is 16.1. The predicted molar refractivity (Wildman–Crippen MR) is 102 cm³/mol. The zero-order chi connectivity index (χ0) is 18.1. The number of hydrogen-bond acceptors (Lipinski definition) is 5. The second kappa shape index (κ2) is 6.81. The van der Waals surface area contributed by atoms with Gasteiger partial charge < -0.3 is 4.90 Å². The molecule has 0 saturated carbocycles. The van der Waals surface area contributed by atoms with Gasteiger partial charge in [0.15, 0.2) is 14.8 Å². The van der Waals surface area contributed by atoms with Gasteiger partial charge in [0.1, 0.15) is 0 Å². The van der Waals surface area contributed by atoms with Crippen LogP contribution in [-0.2, 0) is 9.84 Å². The number of nitrogens with zero attached hydrogens (tertiary/aromatic N) is 2. The molecule has 0 unspecified atom stereocenters. The molecule has 2 aromatic carbocycles. The smallest absolute Gasteiger partial charge is 0.282 e. The Labute approximate surface area is 156 Å². The number of fused-ring (bicyclic) bond motifs is 1. The van der Waals surface area contributed by atoms with Crippen molar-refractivity contribution in [2.24, 2.45) is 0 Å². The van der Waals surface area contributed by atoms with E-state index in [-0.39, 0.29) is 5.91 Å². The molecule has 134 valence electrons. The molecule has 7 heteroatoms.